The summed E-state index contributed by atoms with van der Waals surface area (Å²) < 4.78 is 0. The molecule has 2 N–H and O–H groups in total. The van der Waals surface area contributed by atoms with Crippen LogP contribution in [0, 0.1) is 19.8 Å². The molecule has 4 heteroatoms. The predicted molar refractivity (Wildman–Crippen MR) is 83.3 cm³/mol. The second kappa shape index (κ2) is 7.81. The topological polar surface area (TPSA) is 66.4 Å². The zero-order valence-electron chi connectivity index (χ0n) is 13.3. The number of benzene rings is 1. The number of aliphatic carboxylic acids is 1. The van der Waals surface area contributed by atoms with Gasteiger partial charge in [-0.1, -0.05) is 37.6 Å². The van der Waals surface area contributed by atoms with Crippen LogP contribution in [0.3, 0.4) is 0 Å². The lowest BCUT2D eigenvalue weighted by Crippen LogP contribution is -2.41. The van der Waals surface area contributed by atoms with Crippen LogP contribution >= 0.6 is 0 Å². The van der Waals surface area contributed by atoms with Crippen molar-refractivity contribution in [2.24, 2.45) is 5.92 Å². The highest BCUT2D eigenvalue weighted by Crippen LogP contribution is 2.13. The monoisotopic (exact) mass is 291 g/mol. The lowest BCUT2D eigenvalue weighted by Gasteiger charge is -2.16. The van der Waals surface area contributed by atoms with E-state index in [1.54, 1.807) is 0 Å². The molecule has 0 aliphatic heterocycles. The molecule has 1 amide bonds. The lowest BCUT2D eigenvalue weighted by atomic mass is 10.0. The third-order valence-electron chi connectivity index (χ3n) is 3.46. The third-order valence-corrected chi connectivity index (χ3v) is 3.46. The summed E-state index contributed by atoms with van der Waals surface area (Å²) in [5.74, 6) is -0.947. The van der Waals surface area contributed by atoms with Crippen molar-refractivity contribution in [3.8, 4) is 0 Å². The van der Waals surface area contributed by atoms with Crippen molar-refractivity contribution < 1.29 is 14.7 Å². The van der Waals surface area contributed by atoms with Gasteiger partial charge >= 0.3 is 5.97 Å². The molecule has 0 heterocycles. The normalized spacial score (nSPS) is 12.2. The van der Waals surface area contributed by atoms with Crippen LogP contribution in [0.5, 0.6) is 0 Å². The summed E-state index contributed by atoms with van der Waals surface area (Å²) in [4.78, 5) is 23.0. The smallest absolute Gasteiger partial charge is 0.326 e. The fraction of sp³-hybridized carbons (Fsp3) is 0.529. The average Bonchev–Trinajstić information content (AvgIpc) is 2.36. The van der Waals surface area contributed by atoms with Gasteiger partial charge in [0.25, 0.3) is 0 Å². The van der Waals surface area contributed by atoms with Crippen LogP contribution in [0.15, 0.2) is 18.2 Å². The van der Waals surface area contributed by atoms with Crippen LogP contribution in [0.25, 0.3) is 0 Å². The van der Waals surface area contributed by atoms with E-state index in [0.29, 0.717) is 19.3 Å². The highest BCUT2D eigenvalue weighted by molar-refractivity contribution is 5.83. The van der Waals surface area contributed by atoms with Crippen LogP contribution in [0.2, 0.25) is 0 Å². The molecule has 4 nitrogen and oxygen atoms in total. The summed E-state index contributed by atoms with van der Waals surface area (Å²) in [6, 6.07) is 5.35. The standard InChI is InChI=1S/C17H25NO3/c1-11(2)9-15(17(20)21)18-16(19)8-7-14-6-5-12(3)10-13(14)4/h5-6,10-11,15H,7-9H2,1-4H3,(H,18,19)(H,20,21). The number of aryl methyl sites for hydroxylation is 3. The minimum atomic E-state index is -0.969. The van der Waals surface area contributed by atoms with Crippen molar-refractivity contribution in [1.29, 1.82) is 0 Å². The van der Waals surface area contributed by atoms with Crippen LogP contribution in [0.1, 0.15) is 43.4 Å². The van der Waals surface area contributed by atoms with Gasteiger partial charge in [-0.25, -0.2) is 4.79 Å². The number of carbonyl (C=O) groups excluding carboxylic acids is 1. The van der Waals surface area contributed by atoms with Crippen LogP contribution in [-0.2, 0) is 16.0 Å². The fourth-order valence-electron chi connectivity index (χ4n) is 2.33. The molecule has 1 rings (SSSR count). The number of carboxylic acid groups (broad SMARTS) is 1. The van der Waals surface area contributed by atoms with Gasteiger partial charge in [0.1, 0.15) is 6.04 Å². The maximum atomic E-state index is 11.9. The molecule has 116 valence electrons. The summed E-state index contributed by atoms with van der Waals surface area (Å²) in [5, 5.41) is 11.7. The summed E-state index contributed by atoms with van der Waals surface area (Å²) in [6.45, 7) is 7.95. The third kappa shape index (κ3) is 5.98. The molecule has 0 aliphatic rings. The molecule has 0 aliphatic carbocycles. The highest BCUT2D eigenvalue weighted by Gasteiger charge is 2.20. The van der Waals surface area contributed by atoms with E-state index in [-0.39, 0.29) is 11.8 Å². The molecule has 0 radical (unpaired) electrons. The van der Waals surface area contributed by atoms with E-state index in [0.717, 1.165) is 5.56 Å². The minimum Gasteiger partial charge on any atom is -0.480 e. The van der Waals surface area contributed by atoms with Gasteiger partial charge in [0.15, 0.2) is 0 Å². The summed E-state index contributed by atoms with van der Waals surface area (Å²) in [7, 11) is 0. The van der Waals surface area contributed by atoms with E-state index < -0.39 is 12.0 Å². The number of hydrogen-bond donors (Lipinski definition) is 2. The van der Waals surface area contributed by atoms with Gasteiger partial charge in [0.05, 0.1) is 0 Å². The first-order chi connectivity index (χ1) is 9.79. The number of carbonyl (C=O) groups is 2. The van der Waals surface area contributed by atoms with Gasteiger partial charge in [-0.2, -0.15) is 0 Å². The van der Waals surface area contributed by atoms with Crippen molar-refractivity contribution in [2.45, 2.75) is 53.0 Å². The first-order valence-corrected chi connectivity index (χ1v) is 7.38. The summed E-state index contributed by atoms with van der Waals surface area (Å²) in [5.41, 5.74) is 3.50. The van der Waals surface area contributed by atoms with Gasteiger partial charge in [-0.15, -0.1) is 0 Å². The maximum absolute atomic E-state index is 11.9. The summed E-state index contributed by atoms with van der Waals surface area (Å²) >= 11 is 0. The Balaban J connectivity index is 2.54. The Hall–Kier alpha value is -1.84. The van der Waals surface area contributed by atoms with Crippen molar-refractivity contribution >= 4 is 11.9 Å². The first kappa shape index (κ1) is 17.2. The van der Waals surface area contributed by atoms with E-state index in [2.05, 4.69) is 11.4 Å². The lowest BCUT2D eigenvalue weighted by molar-refractivity contribution is -0.142. The van der Waals surface area contributed by atoms with E-state index in [9.17, 15) is 9.59 Å². The quantitative estimate of drug-likeness (QED) is 0.811. The second-order valence-corrected chi connectivity index (χ2v) is 6.02. The first-order valence-electron chi connectivity index (χ1n) is 7.38. The molecule has 1 atom stereocenters. The molecule has 21 heavy (non-hydrogen) atoms. The van der Waals surface area contributed by atoms with E-state index in [4.69, 9.17) is 5.11 Å². The van der Waals surface area contributed by atoms with Crippen molar-refractivity contribution in [2.75, 3.05) is 0 Å². The van der Waals surface area contributed by atoms with E-state index in [1.807, 2.05) is 39.8 Å². The zero-order chi connectivity index (χ0) is 16.0. The molecule has 0 fully saturated rings. The SMILES string of the molecule is Cc1ccc(CCC(=O)NC(CC(C)C)C(=O)O)c(C)c1. The van der Waals surface area contributed by atoms with Crippen LogP contribution in [-0.4, -0.2) is 23.0 Å². The van der Waals surface area contributed by atoms with E-state index in [1.165, 1.54) is 11.1 Å². The predicted octanol–water partition coefficient (Wildman–Crippen LogP) is 2.85. The van der Waals surface area contributed by atoms with Gasteiger partial charge < -0.3 is 10.4 Å². The molecule has 1 unspecified atom stereocenters. The fourth-order valence-corrected chi connectivity index (χ4v) is 2.33. The number of amides is 1. The van der Waals surface area contributed by atoms with E-state index >= 15 is 0 Å². The largest absolute Gasteiger partial charge is 0.480 e. The Bertz CT molecular complexity index is 509. The van der Waals surface area contributed by atoms with Crippen molar-refractivity contribution in [3.63, 3.8) is 0 Å². The Morgan fingerprint density at radius 3 is 2.43 bits per heavy atom. The molecular formula is C17H25NO3. The number of nitrogens with one attached hydrogen (secondary N) is 1. The number of hydrogen-bond acceptors (Lipinski definition) is 2. The summed E-state index contributed by atoms with van der Waals surface area (Å²) in [6.07, 6.45) is 1.39. The van der Waals surface area contributed by atoms with Crippen LogP contribution in [0.4, 0.5) is 0 Å². The van der Waals surface area contributed by atoms with Crippen molar-refractivity contribution in [3.05, 3.63) is 34.9 Å². The molecule has 0 saturated carbocycles. The molecule has 1 aromatic rings. The molecule has 0 saturated heterocycles. The van der Waals surface area contributed by atoms with Gasteiger partial charge in [0.2, 0.25) is 5.91 Å². The highest BCUT2D eigenvalue weighted by atomic mass is 16.4. The molecule has 1 aromatic carbocycles. The molecule has 0 aromatic heterocycles. The second-order valence-electron chi connectivity index (χ2n) is 6.02. The number of rotatable bonds is 7. The minimum absolute atomic E-state index is 0.206. The van der Waals surface area contributed by atoms with Gasteiger partial charge in [-0.3, -0.25) is 4.79 Å². The van der Waals surface area contributed by atoms with Gasteiger partial charge in [0, 0.05) is 6.42 Å². The average molecular weight is 291 g/mol. The molecular weight excluding hydrogens is 266 g/mol. The zero-order valence-corrected chi connectivity index (χ0v) is 13.3. The van der Waals surface area contributed by atoms with Gasteiger partial charge in [-0.05, 0) is 43.7 Å². The Labute approximate surface area is 126 Å². The Morgan fingerprint density at radius 2 is 1.90 bits per heavy atom. The molecule has 0 bridgehead atoms. The molecule has 0 spiro atoms. The number of carboxylic acids is 1. The Kier molecular flexibility index (Phi) is 6.40. The Morgan fingerprint density at radius 1 is 1.24 bits per heavy atom. The maximum Gasteiger partial charge on any atom is 0.326 e. The van der Waals surface area contributed by atoms with Crippen LogP contribution < -0.4 is 5.32 Å². The van der Waals surface area contributed by atoms with Crippen molar-refractivity contribution in [1.82, 2.24) is 5.32 Å².